The zero-order chi connectivity index (χ0) is 21.5. The fraction of sp³-hybridized carbons (Fsp3) is 0.391. The normalized spacial score (nSPS) is 18.0. The number of nitrogens with zero attached hydrogens (tertiary/aromatic N) is 6. The van der Waals surface area contributed by atoms with Crippen LogP contribution in [0, 0.1) is 0 Å². The largest absolute Gasteiger partial charge is 0.378 e. The zero-order valence-electron chi connectivity index (χ0n) is 17.8. The lowest BCUT2D eigenvalue weighted by Gasteiger charge is -2.30. The van der Waals surface area contributed by atoms with Crippen molar-refractivity contribution in [3.05, 3.63) is 36.7 Å². The molecule has 9 nitrogen and oxygen atoms in total. The second-order valence-electron chi connectivity index (χ2n) is 8.45. The maximum absolute atomic E-state index is 11.1. The fourth-order valence-corrected chi connectivity index (χ4v) is 4.75. The number of benzene rings is 1. The van der Waals surface area contributed by atoms with E-state index in [0.717, 1.165) is 78.7 Å². The van der Waals surface area contributed by atoms with Crippen molar-refractivity contribution >= 4 is 34.2 Å². The van der Waals surface area contributed by atoms with Crippen molar-refractivity contribution in [3.8, 4) is 11.4 Å². The maximum Gasteiger partial charge on any atom is 0.209 e. The van der Waals surface area contributed by atoms with Crippen molar-refractivity contribution in [3.63, 3.8) is 0 Å². The zero-order valence-corrected chi connectivity index (χ0v) is 17.8. The second kappa shape index (κ2) is 7.90. The number of morpholine rings is 1. The molecule has 5 heterocycles. The highest BCUT2D eigenvalue weighted by Crippen LogP contribution is 2.32. The van der Waals surface area contributed by atoms with E-state index in [-0.39, 0.29) is 6.04 Å². The van der Waals surface area contributed by atoms with Crippen molar-refractivity contribution in [2.24, 2.45) is 0 Å². The summed E-state index contributed by atoms with van der Waals surface area (Å²) in [5.41, 5.74) is 2.93. The monoisotopic (exact) mass is 431 g/mol. The number of aromatic amines is 1. The summed E-state index contributed by atoms with van der Waals surface area (Å²) in [5, 5.41) is 6.85. The molecular formula is C23H25N7O2. The Bertz CT molecular complexity index is 1270. The molecule has 164 valence electrons. The van der Waals surface area contributed by atoms with Gasteiger partial charge in [0, 0.05) is 48.8 Å². The van der Waals surface area contributed by atoms with Gasteiger partial charge < -0.3 is 19.5 Å². The van der Waals surface area contributed by atoms with E-state index in [0.29, 0.717) is 19.0 Å². The van der Waals surface area contributed by atoms with Crippen LogP contribution < -0.4 is 4.90 Å². The summed E-state index contributed by atoms with van der Waals surface area (Å²) in [7, 11) is 0. The number of piperidine rings is 1. The second-order valence-corrected chi connectivity index (χ2v) is 8.45. The molecule has 2 aliphatic heterocycles. The van der Waals surface area contributed by atoms with Crippen LogP contribution in [-0.4, -0.2) is 75.4 Å². The van der Waals surface area contributed by atoms with Gasteiger partial charge in [0.25, 0.3) is 0 Å². The average molecular weight is 432 g/mol. The molecule has 32 heavy (non-hydrogen) atoms. The number of fused-ring (bicyclic) bond motifs is 2. The number of H-pyrrole nitrogens is 1. The minimum absolute atomic E-state index is 0.219. The number of anilines is 1. The van der Waals surface area contributed by atoms with Gasteiger partial charge in [-0.25, -0.2) is 14.6 Å². The number of carbonyl (C=O) groups excluding carboxylic acids is 1. The van der Waals surface area contributed by atoms with Crippen LogP contribution in [-0.2, 0) is 9.53 Å². The van der Waals surface area contributed by atoms with Gasteiger partial charge in [-0.2, -0.15) is 5.10 Å². The lowest BCUT2D eigenvalue weighted by atomic mass is 10.1. The van der Waals surface area contributed by atoms with Gasteiger partial charge in [0.15, 0.2) is 11.5 Å². The third-order valence-electron chi connectivity index (χ3n) is 6.55. The Morgan fingerprint density at radius 3 is 2.72 bits per heavy atom. The molecule has 9 heteroatoms. The van der Waals surface area contributed by atoms with E-state index in [2.05, 4.69) is 34.1 Å². The number of rotatable bonds is 4. The van der Waals surface area contributed by atoms with Gasteiger partial charge in [0.1, 0.15) is 5.82 Å². The number of likely N-dealkylation sites (tertiary alicyclic amines) is 1. The topological polar surface area (TPSA) is 92.2 Å². The molecule has 0 radical (unpaired) electrons. The number of carbonyl (C=O) groups is 1. The highest BCUT2D eigenvalue weighted by atomic mass is 16.5. The SMILES string of the molecule is O=CN1CCC(n2ncc3c(N4CCOCC4)nc(-c4ccc5[nH]ccc5c4)nc32)CC1. The first kappa shape index (κ1) is 19.2. The number of nitrogens with one attached hydrogen (secondary N) is 1. The van der Waals surface area contributed by atoms with Crippen molar-refractivity contribution in [1.82, 2.24) is 29.6 Å². The quantitative estimate of drug-likeness (QED) is 0.500. The third-order valence-corrected chi connectivity index (χ3v) is 6.55. The summed E-state index contributed by atoms with van der Waals surface area (Å²) in [4.78, 5) is 28.5. The van der Waals surface area contributed by atoms with Crippen LogP contribution in [0.15, 0.2) is 36.7 Å². The predicted octanol–water partition coefficient (Wildman–Crippen LogP) is 2.60. The Labute approximate surface area is 185 Å². The van der Waals surface area contributed by atoms with Gasteiger partial charge in [-0.05, 0) is 37.1 Å². The molecule has 3 aromatic heterocycles. The average Bonchev–Trinajstić information content (AvgIpc) is 3.50. The number of ether oxygens (including phenoxy) is 1. The Morgan fingerprint density at radius 1 is 1.06 bits per heavy atom. The molecule has 0 unspecified atom stereocenters. The van der Waals surface area contributed by atoms with Crippen LogP contribution >= 0.6 is 0 Å². The number of aromatic nitrogens is 5. The lowest BCUT2D eigenvalue weighted by molar-refractivity contribution is -0.119. The summed E-state index contributed by atoms with van der Waals surface area (Å²) in [5.74, 6) is 1.62. The van der Waals surface area contributed by atoms with Crippen LogP contribution in [0.25, 0.3) is 33.3 Å². The summed E-state index contributed by atoms with van der Waals surface area (Å²) < 4.78 is 7.61. The molecule has 1 aromatic carbocycles. The standard InChI is InChI=1S/C23H25N7O2/c31-15-28-7-4-18(5-8-28)30-23-19(14-25-30)22(29-9-11-32-12-10-29)26-21(27-23)17-1-2-20-16(13-17)3-6-24-20/h1-3,6,13-15,18,24H,4-5,7-12H2. The van der Waals surface area contributed by atoms with Gasteiger partial charge in [0.2, 0.25) is 6.41 Å². The Hall–Kier alpha value is -3.46. The summed E-state index contributed by atoms with van der Waals surface area (Å²) >= 11 is 0. The Balaban J connectivity index is 1.47. The van der Waals surface area contributed by atoms with E-state index in [1.807, 2.05) is 22.0 Å². The number of hydrogen-bond acceptors (Lipinski definition) is 6. The van der Waals surface area contributed by atoms with Crippen LogP contribution in [0.2, 0.25) is 0 Å². The van der Waals surface area contributed by atoms with Crippen molar-refractivity contribution < 1.29 is 9.53 Å². The Morgan fingerprint density at radius 2 is 1.91 bits per heavy atom. The Kier molecular flexibility index (Phi) is 4.75. The van der Waals surface area contributed by atoms with Crippen LogP contribution in [0.1, 0.15) is 18.9 Å². The molecular weight excluding hydrogens is 406 g/mol. The number of amides is 1. The molecule has 0 aliphatic carbocycles. The van der Waals surface area contributed by atoms with Gasteiger partial charge in [-0.3, -0.25) is 4.79 Å². The molecule has 0 atom stereocenters. The van der Waals surface area contributed by atoms with Crippen LogP contribution in [0.3, 0.4) is 0 Å². The molecule has 0 bridgehead atoms. The molecule has 1 amide bonds. The minimum Gasteiger partial charge on any atom is -0.378 e. The van der Waals surface area contributed by atoms with Gasteiger partial charge in [0.05, 0.1) is 30.8 Å². The third kappa shape index (κ3) is 3.29. The van der Waals surface area contributed by atoms with E-state index in [1.54, 1.807) is 0 Å². The summed E-state index contributed by atoms with van der Waals surface area (Å²) in [6.07, 6.45) is 6.52. The molecule has 2 aliphatic rings. The van der Waals surface area contributed by atoms with Gasteiger partial charge >= 0.3 is 0 Å². The first-order chi connectivity index (χ1) is 15.8. The predicted molar refractivity (Wildman–Crippen MR) is 122 cm³/mol. The fourth-order valence-electron chi connectivity index (χ4n) is 4.75. The first-order valence-corrected chi connectivity index (χ1v) is 11.1. The molecule has 0 spiro atoms. The van der Waals surface area contributed by atoms with Gasteiger partial charge in [-0.15, -0.1) is 0 Å². The van der Waals surface area contributed by atoms with Crippen LogP contribution in [0.4, 0.5) is 5.82 Å². The van der Waals surface area contributed by atoms with Crippen molar-refractivity contribution in [2.75, 3.05) is 44.3 Å². The van der Waals surface area contributed by atoms with Crippen LogP contribution in [0.5, 0.6) is 0 Å². The van der Waals surface area contributed by atoms with E-state index >= 15 is 0 Å². The molecule has 1 N–H and O–H groups in total. The minimum atomic E-state index is 0.219. The molecule has 0 saturated carbocycles. The lowest BCUT2D eigenvalue weighted by Crippen LogP contribution is -2.37. The van der Waals surface area contributed by atoms with E-state index in [4.69, 9.17) is 19.8 Å². The molecule has 2 saturated heterocycles. The smallest absolute Gasteiger partial charge is 0.209 e. The van der Waals surface area contributed by atoms with E-state index in [1.165, 1.54) is 0 Å². The summed E-state index contributed by atoms with van der Waals surface area (Å²) in [6.45, 7) is 4.46. The highest BCUT2D eigenvalue weighted by molar-refractivity contribution is 5.90. The molecule has 2 fully saturated rings. The van der Waals surface area contributed by atoms with Gasteiger partial charge in [-0.1, -0.05) is 0 Å². The maximum atomic E-state index is 11.1. The van der Waals surface area contributed by atoms with Crippen molar-refractivity contribution in [1.29, 1.82) is 0 Å². The highest BCUT2D eigenvalue weighted by Gasteiger charge is 2.25. The first-order valence-electron chi connectivity index (χ1n) is 11.1. The van der Waals surface area contributed by atoms with Crippen molar-refractivity contribution in [2.45, 2.75) is 18.9 Å². The number of hydrogen-bond donors (Lipinski definition) is 1. The summed E-state index contributed by atoms with van der Waals surface area (Å²) in [6, 6.07) is 8.53. The van der Waals surface area contributed by atoms with E-state index < -0.39 is 0 Å². The molecule has 6 rings (SSSR count). The molecule has 4 aromatic rings. The van der Waals surface area contributed by atoms with E-state index in [9.17, 15) is 4.79 Å².